The molecule has 8 heteroatoms. The number of aromatic hydroxyl groups is 1. The molecular formula is C32H36N4O4. The molecule has 1 unspecified atom stereocenters. The number of phenolic OH excluding ortho intramolecular Hbond substituents is 1. The number of ether oxygens (including phenoxy) is 2. The number of pyridine rings is 1. The maximum Gasteiger partial charge on any atom is 0.273 e. The van der Waals surface area contributed by atoms with Crippen LogP contribution in [0.15, 0.2) is 54.9 Å². The summed E-state index contributed by atoms with van der Waals surface area (Å²) in [4.78, 5) is 19.9. The lowest BCUT2D eigenvalue weighted by Gasteiger charge is -2.27. The van der Waals surface area contributed by atoms with Gasteiger partial charge in [0.15, 0.2) is 11.5 Å². The molecular weight excluding hydrogens is 504 g/mol. The highest BCUT2D eigenvalue weighted by Gasteiger charge is 2.43. The van der Waals surface area contributed by atoms with Crippen molar-refractivity contribution < 1.29 is 19.4 Å². The van der Waals surface area contributed by atoms with Crippen LogP contribution < -0.4 is 9.47 Å². The van der Waals surface area contributed by atoms with Crippen LogP contribution in [0.2, 0.25) is 0 Å². The minimum atomic E-state index is -0.472. The van der Waals surface area contributed by atoms with Gasteiger partial charge in [0.2, 0.25) is 0 Å². The molecule has 3 heterocycles. The molecule has 1 aliphatic rings. The number of aryl methyl sites for hydroxylation is 2. The number of carbonyl (C=O) groups excluding carboxylic acids is 1. The normalized spacial score (nSPS) is 14.6. The fourth-order valence-corrected chi connectivity index (χ4v) is 5.23. The van der Waals surface area contributed by atoms with Crippen molar-refractivity contribution in [3.8, 4) is 28.5 Å². The Labute approximate surface area is 235 Å². The molecule has 1 amide bonds. The topological polar surface area (TPSA) is 101 Å². The van der Waals surface area contributed by atoms with E-state index in [-0.39, 0.29) is 11.7 Å². The first-order valence-electron chi connectivity index (χ1n) is 13.8. The van der Waals surface area contributed by atoms with E-state index in [1.165, 1.54) is 0 Å². The smallest absolute Gasteiger partial charge is 0.273 e. The second kappa shape index (κ2) is 11.4. The molecule has 0 saturated heterocycles. The van der Waals surface area contributed by atoms with Gasteiger partial charge in [0.1, 0.15) is 17.1 Å². The van der Waals surface area contributed by atoms with E-state index in [4.69, 9.17) is 9.47 Å². The Morgan fingerprint density at radius 3 is 2.65 bits per heavy atom. The van der Waals surface area contributed by atoms with Gasteiger partial charge in [-0.05, 0) is 79.6 Å². The largest absolute Gasteiger partial charge is 0.507 e. The Hall–Kier alpha value is -4.33. The Morgan fingerprint density at radius 2 is 1.93 bits per heavy atom. The number of H-pyrrole nitrogens is 1. The molecule has 0 spiro atoms. The second-order valence-corrected chi connectivity index (χ2v) is 10.7. The molecule has 0 radical (unpaired) electrons. The van der Waals surface area contributed by atoms with Gasteiger partial charge in [-0.1, -0.05) is 32.0 Å². The summed E-state index contributed by atoms with van der Waals surface area (Å²) in [7, 11) is 0. The molecule has 2 aromatic carbocycles. The number of nitrogens with one attached hydrogen (secondary N) is 1. The average molecular weight is 541 g/mol. The molecule has 0 aliphatic carbocycles. The molecule has 2 N–H and O–H groups in total. The minimum absolute atomic E-state index is 0.153. The lowest BCUT2D eigenvalue weighted by atomic mass is 9.93. The maximum atomic E-state index is 13.8. The van der Waals surface area contributed by atoms with Crippen LogP contribution in [-0.4, -0.2) is 44.3 Å². The number of fused-ring (bicyclic) bond motifs is 1. The number of aromatic amines is 1. The number of rotatable bonds is 10. The SMILES string of the molecule is CCOc1cc(C2c3c(-c4cc(C)cc(C)c4O)n[nH]c3C(=O)N2Cc2cccnc2)ccc1OCCC(C)C. The van der Waals surface area contributed by atoms with E-state index in [0.717, 1.165) is 34.2 Å². The summed E-state index contributed by atoms with van der Waals surface area (Å²) in [5.74, 6) is 1.82. The molecule has 40 heavy (non-hydrogen) atoms. The zero-order chi connectivity index (χ0) is 28.4. The van der Waals surface area contributed by atoms with Crippen molar-refractivity contribution in [1.82, 2.24) is 20.1 Å². The summed E-state index contributed by atoms with van der Waals surface area (Å²) in [6.07, 6.45) is 4.42. The Bertz CT molecular complexity index is 1510. The first-order chi connectivity index (χ1) is 19.3. The summed E-state index contributed by atoms with van der Waals surface area (Å²) in [6.45, 7) is 11.5. The van der Waals surface area contributed by atoms with Crippen molar-refractivity contribution in [2.24, 2.45) is 5.92 Å². The summed E-state index contributed by atoms with van der Waals surface area (Å²) < 4.78 is 12.1. The van der Waals surface area contributed by atoms with Crippen LogP contribution in [0.1, 0.15) is 71.5 Å². The molecule has 1 atom stereocenters. The minimum Gasteiger partial charge on any atom is -0.507 e. The molecule has 0 saturated carbocycles. The third kappa shape index (κ3) is 5.26. The zero-order valence-corrected chi connectivity index (χ0v) is 23.7. The Balaban J connectivity index is 1.63. The Morgan fingerprint density at radius 1 is 1.10 bits per heavy atom. The van der Waals surface area contributed by atoms with E-state index in [9.17, 15) is 9.90 Å². The number of benzene rings is 2. The standard InChI is InChI=1S/C32H36N4O4/c1-6-39-26-16-23(9-10-25(26)40-13-11-19(2)3)30-27-28(24-15-20(4)14-21(5)31(24)37)34-35-29(27)32(38)36(30)18-22-8-7-12-33-17-22/h7-10,12,14-17,19,30,37H,6,11,13,18H2,1-5H3,(H,34,35). The fraction of sp³-hybridized carbons (Fsp3) is 0.344. The zero-order valence-electron chi connectivity index (χ0n) is 23.7. The van der Waals surface area contributed by atoms with E-state index in [1.807, 2.05) is 68.1 Å². The summed E-state index contributed by atoms with van der Waals surface area (Å²) in [5, 5.41) is 18.6. The average Bonchev–Trinajstić information content (AvgIpc) is 3.46. The van der Waals surface area contributed by atoms with Crippen LogP contribution in [0, 0.1) is 19.8 Å². The van der Waals surface area contributed by atoms with E-state index in [2.05, 4.69) is 29.0 Å². The van der Waals surface area contributed by atoms with Crippen molar-refractivity contribution in [1.29, 1.82) is 0 Å². The van der Waals surface area contributed by atoms with E-state index in [1.54, 1.807) is 12.4 Å². The number of nitrogens with zero attached hydrogens (tertiary/aromatic N) is 3. The van der Waals surface area contributed by atoms with Crippen molar-refractivity contribution in [2.75, 3.05) is 13.2 Å². The summed E-state index contributed by atoms with van der Waals surface area (Å²) in [5.41, 5.74) is 5.81. The van der Waals surface area contributed by atoms with E-state index in [0.29, 0.717) is 54.1 Å². The van der Waals surface area contributed by atoms with E-state index < -0.39 is 6.04 Å². The number of carbonyl (C=O) groups is 1. The van der Waals surface area contributed by atoms with Gasteiger partial charge >= 0.3 is 0 Å². The number of amides is 1. The lowest BCUT2D eigenvalue weighted by molar-refractivity contribution is 0.0729. The third-order valence-electron chi connectivity index (χ3n) is 7.18. The number of aromatic nitrogens is 3. The van der Waals surface area contributed by atoms with Crippen LogP contribution in [-0.2, 0) is 6.54 Å². The molecule has 208 valence electrons. The molecule has 1 aliphatic heterocycles. The first-order valence-corrected chi connectivity index (χ1v) is 13.8. The highest BCUT2D eigenvalue weighted by Crippen LogP contribution is 2.47. The third-order valence-corrected chi connectivity index (χ3v) is 7.18. The van der Waals surface area contributed by atoms with Gasteiger partial charge < -0.3 is 19.5 Å². The number of phenols is 1. The molecule has 2 aromatic heterocycles. The molecule has 0 fully saturated rings. The van der Waals surface area contributed by atoms with Crippen LogP contribution in [0.5, 0.6) is 17.2 Å². The van der Waals surface area contributed by atoms with Crippen LogP contribution >= 0.6 is 0 Å². The van der Waals surface area contributed by atoms with Gasteiger partial charge in [-0.2, -0.15) is 5.10 Å². The van der Waals surface area contributed by atoms with Gasteiger partial charge in [0, 0.05) is 30.1 Å². The first kappa shape index (κ1) is 27.2. The highest BCUT2D eigenvalue weighted by atomic mass is 16.5. The molecule has 8 nitrogen and oxygen atoms in total. The molecule has 4 aromatic rings. The van der Waals surface area contributed by atoms with Crippen molar-refractivity contribution in [2.45, 2.75) is 53.6 Å². The molecule has 5 rings (SSSR count). The molecule has 0 bridgehead atoms. The maximum absolute atomic E-state index is 13.8. The number of hydrogen-bond donors (Lipinski definition) is 2. The fourth-order valence-electron chi connectivity index (χ4n) is 5.23. The van der Waals surface area contributed by atoms with Crippen molar-refractivity contribution >= 4 is 5.91 Å². The van der Waals surface area contributed by atoms with Crippen LogP contribution in [0.4, 0.5) is 0 Å². The lowest BCUT2D eigenvalue weighted by Crippen LogP contribution is -2.29. The highest BCUT2D eigenvalue weighted by molar-refractivity contribution is 6.00. The second-order valence-electron chi connectivity index (χ2n) is 10.7. The van der Waals surface area contributed by atoms with Gasteiger partial charge in [-0.15, -0.1) is 0 Å². The summed E-state index contributed by atoms with van der Waals surface area (Å²) >= 11 is 0. The summed E-state index contributed by atoms with van der Waals surface area (Å²) in [6, 6.07) is 13.0. The number of hydrogen-bond acceptors (Lipinski definition) is 6. The van der Waals surface area contributed by atoms with E-state index >= 15 is 0 Å². The monoisotopic (exact) mass is 540 g/mol. The van der Waals surface area contributed by atoms with Gasteiger partial charge in [-0.3, -0.25) is 14.9 Å². The van der Waals surface area contributed by atoms with Crippen molar-refractivity contribution in [3.05, 3.63) is 88.4 Å². The van der Waals surface area contributed by atoms with Gasteiger partial charge in [0.05, 0.1) is 19.3 Å². The predicted octanol–water partition coefficient (Wildman–Crippen LogP) is 6.36. The van der Waals surface area contributed by atoms with Crippen LogP contribution in [0.25, 0.3) is 11.3 Å². The van der Waals surface area contributed by atoms with Gasteiger partial charge in [-0.25, -0.2) is 0 Å². The van der Waals surface area contributed by atoms with Crippen LogP contribution in [0.3, 0.4) is 0 Å². The Kier molecular flexibility index (Phi) is 7.78. The van der Waals surface area contributed by atoms with Gasteiger partial charge in [0.25, 0.3) is 5.91 Å². The van der Waals surface area contributed by atoms with Crippen molar-refractivity contribution in [3.63, 3.8) is 0 Å². The predicted molar refractivity (Wildman–Crippen MR) is 154 cm³/mol. The quantitative estimate of drug-likeness (QED) is 0.243.